The highest BCUT2D eigenvalue weighted by Crippen LogP contribution is 2.29. The number of halogens is 2. The van der Waals surface area contributed by atoms with E-state index >= 15 is 0 Å². The Kier molecular flexibility index (Phi) is 8.99. The molecule has 0 aliphatic rings. The first kappa shape index (κ1) is 22.4. The van der Waals surface area contributed by atoms with Crippen molar-refractivity contribution in [2.75, 3.05) is 10.6 Å². The molecule has 0 saturated heterocycles. The topological polar surface area (TPSA) is 58.2 Å². The second kappa shape index (κ2) is 11.2. The molecule has 0 heterocycles. The molecule has 2 aromatic carbocycles. The van der Waals surface area contributed by atoms with Crippen molar-refractivity contribution in [1.82, 2.24) is 0 Å². The normalized spacial score (nSPS) is 11.7. The summed E-state index contributed by atoms with van der Waals surface area (Å²) in [5.41, 5.74) is 0.865. The first-order chi connectivity index (χ1) is 13.4. The van der Waals surface area contributed by atoms with E-state index in [0.717, 1.165) is 17.7 Å². The van der Waals surface area contributed by atoms with Crippen LogP contribution in [0.3, 0.4) is 0 Å². The molecule has 4 nitrogen and oxygen atoms in total. The standard InChI is InChI=1S/C21H24BrFN2O2S/c1-3-5-9-20(26)24-15-7-6-8-16(13-15)28-19(4-2)21(27)25-18-11-10-14(22)12-17(18)23/h6-8,10-13,19H,3-5,9H2,1-2H3,(H,24,26)(H,25,27). The lowest BCUT2D eigenvalue weighted by Gasteiger charge is -2.16. The van der Waals surface area contributed by atoms with Crippen LogP contribution < -0.4 is 10.6 Å². The van der Waals surface area contributed by atoms with E-state index in [1.165, 1.54) is 23.9 Å². The third kappa shape index (κ3) is 6.95. The third-order valence-electron chi connectivity index (χ3n) is 4.01. The average Bonchev–Trinajstić information content (AvgIpc) is 2.66. The Balaban J connectivity index is 2.02. The summed E-state index contributed by atoms with van der Waals surface area (Å²) in [4.78, 5) is 25.4. The van der Waals surface area contributed by atoms with Crippen LogP contribution in [0.2, 0.25) is 0 Å². The van der Waals surface area contributed by atoms with Gasteiger partial charge in [0.1, 0.15) is 5.82 Å². The number of unbranched alkanes of at least 4 members (excludes halogenated alkanes) is 1. The van der Waals surface area contributed by atoms with Gasteiger partial charge in [0, 0.05) is 21.5 Å². The molecule has 0 spiro atoms. The molecule has 2 N–H and O–H groups in total. The van der Waals surface area contributed by atoms with Crippen LogP contribution in [0, 0.1) is 5.82 Å². The number of rotatable bonds is 9. The Morgan fingerprint density at radius 2 is 1.93 bits per heavy atom. The van der Waals surface area contributed by atoms with Crippen LogP contribution in [0.15, 0.2) is 51.8 Å². The Labute approximate surface area is 177 Å². The van der Waals surface area contributed by atoms with Crippen molar-refractivity contribution < 1.29 is 14.0 Å². The number of hydrogen-bond acceptors (Lipinski definition) is 3. The summed E-state index contributed by atoms with van der Waals surface area (Å²) in [7, 11) is 0. The molecule has 7 heteroatoms. The zero-order valence-corrected chi connectivity index (χ0v) is 18.3. The van der Waals surface area contributed by atoms with Gasteiger partial charge in [0.05, 0.1) is 10.9 Å². The van der Waals surface area contributed by atoms with Gasteiger partial charge in [0.15, 0.2) is 0 Å². The average molecular weight is 467 g/mol. The molecule has 0 bridgehead atoms. The van der Waals surface area contributed by atoms with Gasteiger partial charge in [0.25, 0.3) is 0 Å². The Bertz CT molecular complexity index is 832. The number of nitrogens with one attached hydrogen (secondary N) is 2. The van der Waals surface area contributed by atoms with Gasteiger partial charge in [-0.05, 0) is 49.2 Å². The fourth-order valence-electron chi connectivity index (χ4n) is 2.50. The number of carbonyl (C=O) groups is 2. The summed E-state index contributed by atoms with van der Waals surface area (Å²) in [6.45, 7) is 3.95. The maximum absolute atomic E-state index is 14.0. The predicted octanol–water partition coefficient (Wildman–Crippen LogP) is 6.23. The number of anilines is 2. The lowest BCUT2D eigenvalue weighted by molar-refractivity contribution is -0.116. The molecule has 0 aliphatic heterocycles. The minimum absolute atomic E-state index is 0.0144. The zero-order chi connectivity index (χ0) is 20.5. The van der Waals surface area contributed by atoms with Gasteiger partial charge in [-0.2, -0.15) is 0 Å². The molecule has 1 unspecified atom stereocenters. The van der Waals surface area contributed by atoms with Gasteiger partial charge in [-0.15, -0.1) is 11.8 Å². The number of thioether (sulfide) groups is 1. The fourth-order valence-corrected chi connectivity index (χ4v) is 3.85. The molecule has 2 rings (SSSR count). The lowest BCUT2D eigenvalue weighted by Crippen LogP contribution is -2.25. The molecule has 0 saturated carbocycles. The van der Waals surface area contributed by atoms with Crippen molar-refractivity contribution in [3.63, 3.8) is 0 Å². The zero-order valence-electron chi connectivity index (χ0n) is 15.9. The van der Waals surface area contributed by atoms with E-state index in [-0.39, 0.29) is 22.8 Å². The van der Waals surface area contributed by atoms with Gasteiger partial charge in [-0.25, -0.2) is 4.39 Å². The van der Waals surface area contributed by atoms with Gasteiger partial charge in [-0.1, -0.05) is 42.3 Å². The number of amides is 2. The molecule has 0 radical (unpaired) electrons. The van der Waals surface area contributed by atoms with E-state index in [2.05, 4.69) is 26.6 Å². The van der Waals surface area contributed by atoms with Gasteiger partial charge >= 0.3 is 0 Å². The van der Waals surface area contributed by atoms with E-state index in [9.17, 15) is 14.0 Å². The highest BCUT2D eigenvalue weighted by atomic mass is 79.9. The minimum atomic E-state index is -0.487. The number of benzene rings is 2. The molecule has 2 amide bonds. The maximum atomic E-state index is 14.0. The minimum Gasteiger partial charge on any atom is -0.326 e. The third-order valence-corrected chi connectivity index (χ3v) is 5.86. The maximum Gasteiger partial charge on any atom is 0.237 e. The molecule has 2 aromatic rings. The Hall–Kier alpha value is -1.86. The van der Waals surface area contributed by atoms with Gasteiger partial charge in [-0.3, -0.25) is 9.59 Å². The smallest absolute Gasteiger partial charge is 0.237 e. The molecule has 28 heavy (non-hydrogen) atoms. The van der Waals surface area contributed by atoms with Crippen LogP contribution >= 0.6 is 27.7 Å². The SMILES string of the molecule is CCCCC(=O)Nc1cccc(SC(CC)C(=O)Nc2ccc(Br)cc2F)c1. The van der Waals surface area contributed by atoms with Crippen molar-refractivity contribution in [2.24, 2.45) is 0 Å². The van der Waals surface area contributed by atoms with E-state index < -0.39 is 5.82 Å². The van der Waals surface area contributed by atoms with Crippen LogP contribution in [0.4, 0.5) is 15.8 Å². The fraction of sp³-hybridized carbons (Fsp3) is 0.333. The molecular formula is C21H24BrFN2O2S. The van der Waals surface area contributed by atoms with E-state index in [4.69, 9.17) is 0 Å². The summed E-state index contributed by atoms with van der Waals surface area (Å²) in [5.74, 6) is -0.759. The highest BCUT2D eigenvalue weighted by molar-refractivity contribution is 9.10. The highest BCUT2D eigenvalue weighted by Gasteiger charge is 2.19. The van der Waals surface area contributed by atoms with Crippen LogP contribution in [-0.2, 0) is 9.59 Å². The summed E-state index contributed by atoms with van der Waals surface area (Å²) < 4.78 is 14.6. The summed E-state index contributed by atoms with van der Waals surface area (Å²) >= 11 is 4.59. The number of hydrogen-bond donors (Lipinski definition) is 2. The summed E-state index contributed by atoms with van der Waals surface area (Å²) in [6.07, 6.45) is 2.90. The first-order valence-corrected chi connectivity index (χ1v) is 10.9. The largest absolute Gasteiger partial charge is 0.326 e. The lowest BCUT2D eigenvalue weighted by atomic mass is 10.2. The van der Waals surface area contributed by atoms with Crippen molar-refractivity contribution in [3.8, 4) is 0 Å². The van der Waals surface area contributed by atoms with Gasteiger partial charge < -0.3 is 10.6 Å². The van der Waals surface area contributed by atoms with Crippen molar-refractivity contribution >= 4 is 50.9 Å². The van der Waals surface area contributed by atoms with E-state index in [1.807, 2.05) is 38.1 Å². The monoisotopic (exact) mass is 466 g/mol. The second-order valence-corrected chi connectivity index (χ2v) is 8.50. The van der Waals surface area contributed by atoms with Crippen LogP contribution in [0.1, 0.15) is 39.5 Å². The molecule has 0 aromatic heterocycles. The summed E-state index contributed by atoms with van der Waals surface area (Å²) in [6, 6.07) is 11.9. The Morgan fingerprint density at radius 3 is 2.61 bits per heavy atom. The molecule has 150 valence electrons. The molecule has 0 fully saturated rings. The van der Waals surface area contributed by atoms with E-state index in [1.54, 1.807) is 6.07 Å². The molecule has 0 aliphatic carbocycles. The predicted molar refractivity (Wildman–Crippen MR) is 117 cm³/mol. The van der Waals surface area contributed by atoms with Crippen LogP contribution in [-0.4, -0.2) is 17.1 Å². The van der Waals surface area contributed by atoms with Crippen molar-refractivity contribution in [1.29, 1.82) is 0 Å². The molecule has 1 atom stereocenters. The van der Waals surface area contributed by atoms with Crippen molar-refractivity contribution in [2.45, 2.75) is 49.7 Å². The van der Waals surface area contributed by atoms with Gasteiger partial charge in [0.2, 0.25) is 11.8 Å². The van der Waals surface area contributed by atoms with E-state index in [0.29, 0.717) is 23.0 Å². The van der Waals surface area contributed by atoms with Crippen molar-refractivity contribution in [3.05, 3.63) is 52.8 Å². The van der Waals surface area contributed by atoms with Crippen LogP contribution in [0.5, 0.6) is 0 Å². The Morgan fingerprint density at radius 1 is 1.14 bits per heavy atom. The van der Waals surface area contributed by atoms with Crippen LogP contribution in [0.25, 0.3) is 0 Å². The molecular weight excluding hydrogens is 443 g/mol. The summed E-state index contributed by atoms with van der Waals surface area (Å²) in [5, 5.41) is 5.16. The second-order valence-electron chi connectivity index (χ2n) is 6.31. The first-order valence-electron chi connectivity index (χ1n) is 9.25. The quantitative estimate of drug-likeness (QED) is 0.430. The number of carbonyl (C=O) groups excluding carboxylic acids is 2.